The van der Waals surface area contributed by atoms with E-state index < -0.39 is 11.9 Å². The van der Waals surface area contributed by atoms with Crippen LogP contribution in [0.5, 0.6) is 0 Å². The van der Waals surface area contributed by atoms with E-state index in [9.17, 15) is 9.59 Å². The third-order valence-corrected chi connectivity index (χ3v) is 2.97. The third-order valence-electron chi connectivity index (χ3n) is 2.23. The van der Waals surface area contributed by atoms with Crippen LogP contribution in [0.25, 0.3) is 0 Å². The first-order valence-corrected chi connectivity index (χ1v) is 6.80. The van der Waals surface area contributed by atoms with Crippen molar-refractivity contribution in [2.75, 3.05) is 13.1 Å². The first-order valence-electron chi connectivity index (χ1n) is 5.63. The molecule has 5 nitrogen and oxygen atoms in total. The van der Waals surface area contributed by atoms with Crippen LogP contribution in [0.3, 0.4) is 0 Å². The highest BCUT2D eigenvalue weighted by atomic mass is 79.9. The van der Waals surface area contributed by atoms with Gasteiger partial charge >= 0.3 is 5.97 Å². The molecular formula is C12H14BrClN2O3. The summed E-state index contributed by atoms with van der Waals surface area (Å²) in [6.45, 7) is 3.79. The van der Waals surface area contributed by atoms with Gasteiger partial charge in [-0.15, -0.1) is 0 Å². The van der Waals surface area contributed by atoms with Crippen LogP contribution in [0.1, 0.15) is 24.2 Å². The molecule has 0 radical (unpaired) electrons. The Kier molecular flexibility index (Phi) is 5.75. The molecule has 7 heteroatoms. The van der Waals surface area contributed by atoms with Crippen molar-refractivity contribution in [2.45, 2.75) is 13.8 Å². The summed E-state index contributed by atoms with van der Waals surface area (Å²) in [5.41, 5.74) is 0.193. The molecule has 1 amide bonds. The highest BCUT2D eigenvalue weighted by Crippen LogP contribution is 2.20. The summed E-state index contributed by atoms with van der Waals surface area (Å²) in [4.78, 5) is 28.2. The van der Waals surface area contributed by atoms with E-state index in [1.54, 1.807) is 0 Å². The quantitative estimate of drug-likeness (QED) is 0.830. The zero-order chi connectivity index (χ0) is 14.6. The van der Waals surface area contributed by atoms with Gasteiger partial charge in [0.15, 0.2) is 0 Å². The molecule has 0 aliphatic rings. The maximum absolute atomic E-state index is 12.3. The van der Waals surface area contributed by atoms with Crippen LogP contribution < -0.4 is 0 Å². The molecule has 1 aromatic heterocycles. The van der Waals surface area contributed by atoms with Crippen LogP contribution in [0.2, 0.25) is 5.15 Å². The second kappa shape index (κ2) is 6.86. The average molecular weight is 350 g/mol. The Hall–Kier alpha value is -1.14. The minimum Gasteiger partial charge on any atom is -0.480 e. The lowest BCUT2D eigenvalue weighted by Gasteiger charge is -2.23. The maximum Gasteiger partial charge on any atom is 0.323 e. The van der Waals surface area contributed by atoms with Gasteiger partial charge in [-0.3, -0.25) is 9.59 Å². The average Bonchev–Trinajstić information content (AvgIpc) is 2.29. The molecule has 0 aromatic carbocycles. The van der Waals surface area contributed by atoms with Crippen LogP contribution in [0, 0.1) is 5.92 Å². The van der Waals surface area contributed by atoms with E-state index >= 15 is 0 Å². The van der Waals surface area contributed by atoms with Gasteiger partial charge in [0.1, 0.15) is 11.7 Å². The summed E-state index contributed by atoms with van der Waals surface area (Å²) >= 11 is 9.09. The molecule has 1 N–H and O–H groups in total. The molecule has 0 saturated carbocycles. The Bertz CT molecular complexity index is 494. The fraction of sp³-hybridized carbons (Fsp3) is 0.417. The largest absolute Gasteiger partial charge is 0.480 e. The van der Waals surface area contributed by atoms with Crippen LogP contribution in [0.4, 0.5) is 0 Å². The van der Waals surface area contributed by atoms with Crippen LogP contribution in [-0.2, 0) is 4.79 Å². The summed E-state index contributed by atoms with van der Waals surface area (Å²) in [6, 6.07) is 1.53. The minimum absolute atomic E-state index is 0.0624. The molecule has 0 saturated heterocycles. The third kappa shape index (κ3) is 4.80. The summed E-state index contributed by atoms with van der Waals surface area (Å²) < 4.78 is 0.611. The lowest BCUT2D eigenvalue weighted by molar-refractivity contribution is -0.137. The number of carboxylic acid groups (broad SMARTS) is 1. The fourth-order valence-electron chi connectivity index (χ4n) is 1.57. The number of rotatable bonds is 5. The predicted molar refractivity (Wildman–Crippen MR) is 75.3 cm³/mol. The minimum atomic E-state index is -1.06. The number of hydrogen-bond acceptors (Lipinski definition) is 3. The maximum atomic E-state index is 12.3. The molecule has 1 heterocycles. The molecule has 0 aliphatic carbocycles. The lowest BCUT2D eigenvalue weighted by Crippen LogP contribution is -2.38. The number of aromatic nitrogens is 1. The number of halogens is 2. The molecule has 1 aromatic rings. The standard InChI is InChI=1S/C12H14BrClN2O3/c1-7(2)5-16(6-10(17)18)12(19)9-3-8(13)4-15-11(9)14/h3-4,7H,5-6H2,1-2H3,(H,17,18). The highest BCUT2D eigenvalue weighted by Gasteiger charge is 2.22. The smallest absolute Gasteiger partial charge is 0.323 e. The molecular weight excluding hydrogens is 336 g/mol. The second-order valence-corrected chi connectivity index (χ2v) is 5.74. The van der Waals surface area contributed by atoms with Gasteiger partial charge in [0.2, 0.25) is 0 Å². The summed E-state index contributed by atoms with van der Waals surface area (Å²) in [5.74, 6) is -1.34. The number of pyridine rings is 1. The lowest BCUT2D eigenvalue weighted by atomic mass is 10.1. The zero-order valence-electron chi connectivity index (χ0n) is 10.6. The number of carboxylic acids is 1. The summed E-state index contributed by atoms with van der Waals surface area (Å²) in [7, 11) is 0. The van der Waals surface area contributed by atoms with Gasteiger partial charge in [-0.25, -0.2) is 4.98 Å². The number of carbonyl (C=O) groups is 2. The van der Waals surface area contributed by atoms with Crippen LogP contribution in [-0.4, -0.2) is 40.0 Å². The van der Waals surface area contributed by atoms with Crippen molar-refractivity contribution in [3.63, 3.8) is 0 Å². The first kappa shape index (κ1) is 15.9. The van der Waals surface area contributed by atoms with Gasteiger partial charge in [0.25, 0.3) is 5.91 Å². The highest BCUT2D eigenvalue weighted by molar-refractivity contribution is 9.10. The van der Waals surface area contributed by atoms with Crippen molar-refractivity contribution in [3.05, 3.63) is 27.5 Å². The summed E-state index contributed by atoms with van der Waals surface area (Å²) in [6.07, 6.45) is 1.48. The molecule has 0 unspecified atom stereocenters. The van der Waals surface area contributed by atoms with Gasteiger partial charge in [0, 0.05) is 17.2 Å². The Labute approximate surface area is 124 Å². The topological polar surface area (TPSA) is 70.5 Å². The molecule has 104 valence electrons. The van der Waals surface area contributed by atoms with Crippen molar-refractivity contribution in [1.29, 1.82) is 0 Å². The van der Waals surface area contributed by atoms with Crippen molar-refractivity contribution >= 4 is 39.4 Å². The number of aliphatic carboxylic acids is 1. The van der Waals surface area contributed by atoms with Gasteiger partial charge in [0.05, 0.1) is 5.56 Å². The molecule has 0 fully saturated rings. The Balaban J connectivity index is 3.03. The SMILES string of the molecule is CC(C)CN(CC(=O)O)C(=O)c1cc(Br)cnc1Cl. The van der Waals surface area contributed by atoms with Crippen molar-refractivity contribution < 1.29 is 14.7 Å². The van der Waals surface area contributed by atoms with Crippen molar-refractivity contribution in [1.82, 2.24) is 9.88 Å². The normalized spacial score (nSPS) is 10.6. The molecule has 19 heavy (non-hydrogen) atoms. The molecule has 0 aliphatic heterocycles. The van der Waals surface area contributed by atoms with E-state index in [0.29, 0.717) is 11.0 Å². The van der Waals surface area contributed by atoms with E-state index in [2.05, 4.69) is 20.9 Å². The van der Waals surface area contributed by atoms with Crippen molar-refractivity contribution in [2.24, 2.45) is 5.92 Å². The second-order valence-electron chi connectivity index (χ2n) is 4.47. The Morgan fingerprint density at radius 3 is 2.68 bits per heavy atom. The Morgan fingerprint density at radius 1 is 1.53 bits per heavy atom. The van der Waals surface area contributed by atoms with Gasteiger partial charge in [-0.1, -0.05) is 25.4 Å². The van der Waals surface area contributed by atoms with Crippen LogP contribution >= 0.6 is 27.5 Å². The predicted octanol–water partition coefficient (Wildman–Crippen LogP) is 2.68. The molecule has 0 atom stereocenters. The number of amides is 1. The molecule has 0 bridgehead atoms. The number of carbonyl (C=O) groups excluding carboxylic acids is 1. The van der Waals surface area contributed by atoms with E-state index in [4.69, 9.17) is 16.7 Å². The van der Waals surface area contributed by atoms with Gasteiger partial charge in [-0.2, -0.15) is 0 Å². The first-order chi connectivity index (χ1) is 8.81. The fourth-order valence-corrected chi connectivity index (χ4v) is 2.08. The zero-order valence-corrected chi connectivity index (χ0v) is 12.9. The van der Waals surface area contributed by atoms with Crippen LogP contribution in [0.15, 0.2) is 16.7 Å². The van der Waals surface area contributed by atoms with E-state index in [-0.39, 0.29) is 23.2 Å². The van der Waals surface area contributed by atoms with Gasteiger partial charge in [-0.05, 0) is 27.9 Å². The monoisotopic (exact) mass is 348 g/mol. The summed E-state index contributed by atoms with van der Waals surface area (Å²) in [5, 5.41) is 8.93. The number of nitrogens with zero attached hydrogens (tertiary/aromatic N) is 2. The van der Waals surface area contributed by atoms with E-state index in [0.717, 1.165) is 0 Å². The molecule has 0 spiro atoms. The van der Waals surface area contributed by atoms with E-state index in [1.165, 1.54) is 17.2 Å². The number of hydrogen-bond donors (Lipinski definition) is 1. The van der Waals surface area contributed by atoms with E-state index in [1.807, 2.05) is 13.8 Å². The molecule has 1 rings (SSSR count). The Morgan fingerprint density at radius 2 is 2.16 bits per heavy atom. The van der Waals surface area contributed by atoms with Crippen molar-refractivity contribution in [3.8, 4) is 0 Å². The van der Waals surface area contributed by atoms with Gasteiger partial charge < -0.3 is 10.0 Å².